The molecule has 0 saturated carbocycles. The number of carbonyl (C=O) groups is 1. The summed E-state index contributed by atoms with van der Waals surface area (Å²) in [5.41, 5.74) is 0.558. The number of β-amino-alcohol motifs (C(OH)–C–C–N with tert-alkyl or cyclic N) is 1. The molecule has 1 saturated heterocycles. The Kier molecular flexibility index (Phi) is 6.44. The molecule has 7 heteroatoms. The maximum atomic E-state index is 13.4. The number of likely N-dealkylation sites (tertiary alicyclic amines) is 1. The molecule has 23 heavy (non-hydrogen) atoms. The van der Waals surface area contributed by atoms with Crippen molar-refractivity contribution in [2.75, 3.05) is 32.8 Å². The van der Waals surface area contributed by atoms with Crippen LogP contribution in [0.1, 0.15) is 24.9 Å². The fourth-order valence-electron chi connectivity index (χ4n) is 2.77. The second kappa shape index (κ2) is 8.33. The van der Waals surface area contributed by atoms with Crippen LogP contribution in [0.15, 0.2) is 18.2 Å². The third kappa shape index (κ3) is 4.95. The van der Waals surface area contributed by atoms with Gasteiger partial charge in [0.2, 0.25) is 5.91 Å². The smallest absolute Gasteiger partial charge is 0.234 e. The molecule has 1 aliphatic heterocycles. The zero-order valence-corrected chi connectivity index (χ0v) is 13.1. The summed E-state index contributed by atoms with van der Waals surface area (Å²) >= 11 is 0. The molecule has 1 heterocycles. The van der Waals surface area contributed by atoms with Crippen molar-refractivity contribution in [1.82, 2.24) is 10.2 Å². The lowest BCUT2D eigenvalue weighted by Crippen LogP contribution is -2.38. The number of aliphatic hydroxyl groups excluding tert-OH is 1. The van der Waals surface area contributed by atoms with E-state index in [9.17, 15) is 18.7 Å². The fraction of sp³-hybridized carbons (Fsp3) is 0.562. The van der Waals surface area contributed by atoms with E-state index in [-0.39, 0.29) is 18.5 Å². The lowest BCUT2D eigenvalue weighted by Gasteiger charge is -2.24. The van der Waals surface area contributed by atoms with E-state index in [4.69, 9.17) is 4.74 Å². The molecule has 1 amide bonds. The van der Waals surface area contributed by atoms with Crippen molar-refractivity contribution < 1.29 is 23.4 Å². The summed E-state index contributed by atoms with van der Waals surface area (Å²) in [5, 5.41) is 12.6. The SMILES string of the molecule is CCOCCNC(=O)CN1C[C@@H](O)C[C@H]1c1ccc(F)c(F)c1. The first-order valence-electron chi connectivity index (χ1n) is 7.72. The fourth-order valence-corrected chi connectivity index (χ4v) is 2.77. The summed E-state index contributed by atoms with van der Waals surface area (Å²) in [6.45, 7) is 3.73. The van der Waals surface area contributed by atoms with Gasteiger partial charge in [-0.2, -0.15) is 0 Å². The number of halogens is 2. The minimum atomic E-state index is -0.926. The molecule has 1 aromatic carbocycles. The molecule has 2 atom stereocenters. The van der Waals surface area contributed by atoms with E-state index in [2.05, 4.69) is 5.32 Å². The Morgan fingerprint density at radius 3 is 2.91 bits per heavy atom. The van der Waals surface area contributed by atoms with Gasteiger partial charge in [0, 0.05) is 25.7 Å². The van der Waals surface area contributed by atoms with E-state index in [0.29, 0.717) is 38.3 Å². The van der Waals surface area contributed by atoms with Gasteiger partial charge in [0.1, 0.15) is 0 Å². The predicted molar refractivity (Wildman–Crippen MR) is 80.8 cm³/mol. The van der Waals surface area contributed by atoms with Crippen LogP contribution >= 0.6 is 0 Å². The Morgan fingerprint density at radius 1 is 1.43 bits per heavy atom. The third-order valence-electron chi connectivity index (χ3n) is 3.83. The third-order valence-corrected chi connectivity index (χ3v) is 3.83. The van der Waals surface area contributed by atoms with Crippen molar-refractivity contribution in [2.24, 2.45) is 0 Å². The number of ether oxygens (including phenoxy) is 1. The first kappa shape index (κ1) is 17.8. The van der Waals surface area contributed by atoms with Crippen LogP contribution in [0.25, 0.3) is 0 Å². The second-order valence-electron chi connectivity index (χ2n) is 5.56. The number of rotatable bonds is 7. The van der Waals surface area contributed by atoms with Gasteiger partial charge in [-0.05, 0) is 31.0 Å². The van der Waals surface area contributed by atoms with E-state index < -0.39 is 17.7 Å². The highest BCUT2D eigenvalue weighted by molar-refractivity contribution is 5.78. The van der Waals surface area contributed by atoms with Gasteiger partial charge in [0.05, 0.1) is 19.3 Å². The molecule has 0 unspecified atom stereocenters. The zero-order chi connectivity index (χ0) is 16.8. The average Bonchev–Trinajstić information content (AvgIpc) is 2.87. The van der Waals surface area contributed by atoms with E-state index in [0.717, 1.165) is 12.1 Å². The average molecular weight is 328 g/mol. The van der Waals surface area contributed by atoms with Gasteiger partial charge in [-0.15, -0.1) is 0 Å². The molecule has 2 rings (SSSR count). The lowest BCUT2D eigenvalue weighted by molar-refractivity contribution is -0.122. The second-order valence-corrected chi connectivity index (χ2v) is 5.56. The normalized spacial score (nSPS) is 21.6. The van der Waals surface area contributed by atoms with E-state index in [1.165, 1.54) is 6.07 Å². The largest absolute Gasteiger partial charge is 0.392 e. The van der Waals surface area contributed by atoms with Crippen molar-refractivity contribution in [3.05, 3.63) is 35.4 Å². The minimum absolute atomic E-state index is 0.0901. The van der Waals surface area contributed by atoms with Crippen molar-refractivity contribution in [3.63, 3.8) is 0 Å². The van der Waals surface area contributed by atoms with E-state index in [1.54, 1.807) is 4.90 Å². The highest BCUT2D eigenvalue weighted by atomic mass is 19.2. The molecular weight excluding hydrogens is 306 g/mol. The molecule has 1 fully saturated rings. The first-order valence-corrected chi connectivity index (χ1v) is 7.72. The Balaban J connectivity index is 1.96. The Hall–Kier alpha value is -1.57. The Bertz CT molecular complexity index is 542. The molecule has 0 radical (unpaired) electrons. The van der Waals surface area contributed by atoms with Crippen LogP contribution in [-0.4, -0.2) is 54.9 Å². The lowest BCUT2D eigenvalue weighted by atomic mass is 10.0. The minimum Gasteiger partial charge on any atom is -0.392 e. The number of nitrogens with one attached hydrogen (secondary N) is 1. The van der Waals surface area contributed by atoms with Crippen LogP contribution < -0.4 is 5.32 Å². The molecule has 0 aromatic heterocycles. The van der Waals surface area contributed by atoms with Gasteiger partial charge in [-0.25, -0.2) is 8.78 Å². The maximum absolute atomic E-state index is 13.4. The molecule has 1 aromatic rings. The Labute approximate surface area is 134 Å². The van der Waals surface area contributed by atoms with Crippen LogP contribution in [-0.2, 0) is 9.53 Å². The zero-order valence-electron chi connectivity index (χ0n) is 13.1. The van der Waals surface area contributed by atoms with Gasteiger partial charge in [0.15, 0.2) is 11.6 Å². The number of hydrogen-bond acceptors (Lipinski definition) is 4. The number of carbonyl (C=O) groups excluding carboxylic acids is 1. The van der Waals surface area contributed by atoms with Crippen molar-refractivity contribution >= 4 is 5.91 Å². The first-order chi connectivity index (χ1) is 11.0. The molecule has 0 aliphatic carbocycles. The summed E-state index contributed by atoms with van der Waals surface area (Å²) in [6, 6.07) is 3.37. The standard InChI is InChI=1S/C16H22F2N2O3/c1-2-23-6-5-19-16(22)10-20-9-12(21)8-15(20)11-3-4-13(17)14(18)7-11/h3-4,7,12,15,21H,2,5-6,8-10H2,1H3,(H,19,22)/t12-,15-/m0/s1. The molecule has 1 aliphatic rings. The van der Waals surface area contributed by atoms with Gasteiger partial charge in [-0.3, -0.25) is 9.69 Å². The number of nitrogens with zero attached hydrogens (tertiary/aromatic N) is 1. The quantitative estimate of drug-likeness (QED) is 0.739. The summed E-state index contributed by atoms with van der Waals surface area (Å²) in [5.74, 6) is -2.02. The predicted octanol–water partition coefficient (Wildman–Crippen LogP) is 1.23. The summed E-state index contributed by atoms with van der Waals surface area (Å²) in [4.78, 5) is 13.7. The van der Waals surface area contributed by atoms with Gasteiger partial charge in [0.25, 0.3) is 0 Å². The van der Waals surface area contributed by atoms with E-state index >= 15 is 0 Å². The van der Waals surface area contributed by atoms with Crippen LogP contribution in [0.4, 0.5) is 8.78 Å². The molecule has 2 N–H and O–H groups in total. The highest BCUT2D eigenvalue weighted by Crippen LogP contribution is 2.32. The molecular formula is C16H22F2N2O3. The van der Waals surface area contributed by atoms with Crippen molar-refractivity contribution in [1.29, 1.82) is 0 Å². The van der Waals surface area contributed by atoms with Gasteiger partial charge >= 0.3 is 0 Å². The van der Waals surface area contributed by atoms with Crippen molar-refractivity contribution in [3.8, 4) is 0 Å². The van der Waals surface area contributed by atoms with Crippen LogP contribution in [0.2, 0.25) is 0 Å². The van der Waals surface area contributed by atoms with Gasteiger partial charge in [-0.1, -0.05) is 6.07 Å². The van der Waals surface area contributed by atoms with Crippen LogP contribution in [0.5, 0.6) is 0 Å². The highest BCUT2D eigenvalue weighted by Gasteiger charge is 2.33. The van der Waals surface area contributed by atoms with Crippen molar-refractivity contribution in [2.45, 2.75) is 25.5 Å². The monoisotopic (exact) mass is 328 g/mol. The summed E-state index contributed by atoms with van der Waals surface area (Å²) in [6.07, 6.45) is -0.207. The molecule has 0 spiro atoms. The van der Waals surface area contributed by atoms with E-state index in [1.807, 2.05) is 6.92 Å². The summed E-state index contributed by atoms with van der Waals surface area (Å²) < 4.78 is 31.6. The molecule has 5 nitrogen and oxygen atoms in total. The number of hydrogen-bond donors (Lipinski definition) is 2. The number of aliphatic hydroxyl groups is 1. The summed E-state index contributed by atoms with van der Waals surface area (Å²) in [7, 11) is 0. The topological polar surface area (TPSA) is 61.8 Å². The Morgan fingerprint density at radius 2 is 2.22 bits per heavy atom. The van der Waals surface area contributed by atoms with Crippen LogP contribution in [0, 0.1) is 11.6 Å². The molecule has 128 valence electrons. The molecule has 0 bridgehead atoms. The number of benzene rings is 1. The number of amides is 1. The van der Waals surface area contributed by atoms with Gasteiger partial charge < -0.3 is 15.2 Å². The van der Waals surface area contributed by atoms with Crippen LogP contribution in [0.3, 0.4) is 0 Å². The maximum Gasteiger partial charge on any atom is 0.234 e.